The molecule has 7 rings (SSSR count). The van der Waals surface area contributed by atoms with Crippen LogP contribution in [-0.4, -0.2) is 28.8 Å². The maximum Gasteiger partial charge on any atom is 0.338 e. The van der Waals surface area contributed by atoms with E-state index in [-0.39, 0.29) is 12.2 Å². The van der Waals surface area contributed by atoms with Crippen molar-refractivity contribution >= 4 is 51.6 Å². The predicted octanol–water partition coefficient (Wildman–Crippen LogP) is 6.60. The highest BCUT2D eigenvalue weighted by molar-refractivity contribution is 7.07. The molecular formula is C38H30ClN3O4S. The van der Waals surface area contributed by atoms with Gasteiger partial charge in [-0.15, -0.1) is 0 Å². The molecule has 4 aromatic carbocycles. The number of ether oxygens (including phenoxy) is 2. The van der Waals surface area contributed by atoms with E-state index in [0.29, 0.717) is 43.5 Å². The van der Waals surface area contributed by atoms with Gasteiger partial charge in [0.15, 0.2) is 4.80 Å². The Balaban J connectivity index is 1.45. The summed E-state index contributed by atoms with van der Waals surface area (Å²) in [6, 6.07) is 32.1. The second-order valence-electron chi connectivity index (χ2n) is 11.1. The minimum Gasteiger partial charge on any atom is -0.497 e. The summed E-state index contributed by atoms with van der Waals surface area (Å²) in [5.41, 5.74) is 5.06. The van der Waals surface area contributed by atoms with Crippen molar-refractivity contribution in [1.29, 1.82) is 0 Å². The van der Waals surface area contributed by atoms with Crippen LogP contribution in [0.5, 0.6) is 5.75 Å². The first-order chi connectivity index (χ1) is 22.9. The van der Waals surface area contributed by atoms with Crippen molar-refractivity contribution in [1.82, 2.24) is 9.13 Å². The van der Waals surface area contributed by atoms with Gasteiger partial charge >= 0.3 is 5.97 Å². The van der Waals surface area contributed by atoms with Crippen LogP contribution in [0.1, 0.15) is 35.2 Å². The molecule has 0 unspecified atom stereocenters. The SMILES string of the molecule is CCOC(=O)C1=C(c2ccccc2)N=c2s/c(=C/c3cn(Cc4ccc(Cl)cc4)c4ccccc34)c(=O)n2[C@@H]1c1cccc(OC)c1. The lowest BCUT2D eigenvalue weighted by molar-refractivity contribution is -0.138. The van der Waals surface area contributed by atoms with Gasteiger partial charge in [-0.05, 0) is 54.5 Å². The van der Waals surface area contributed by atoms with E-state index in [1.807, 2.05) is 97.1 Å². The summed E-state index contributed by atoms with van der Waals surface area (Å²) in [7, 11) is 1.59. The minimum atomic E-state index is -0.788. The lowest BCUT2D eigenvalue weighted by Gasteiger charge is -2.26. The molecule has 3 heterocycles. The van der Waals surface area contributed by atoms with Gasteiger partial charge in [0.05, 0.1) is 35.6 Å². The molecule has 2 aromatic heterocycles. The molecule has 7 nitrogen and oxygen atoms in total. The molecule has 234 valence electrons. The summed E-state index contributed by atoms with van der Waals surface area (Å²) >= 11 is 7.43. The van der Waals surface area contributed by atoms with Gasteiger partial charge < -0.3 is 14.0 Å². The van der Waals surface area contributed by atoms with Crippen LogP contribution in [0.2, 0.25) is 5.02 Å². The minimum absolute atomic E-state index is 0.180. The Morgan fingerprint density at radius 1 is 0.979 bits per heavy atom. The van der Waals surface area contributed by atoms with Crippen LogP contribution in [0, 0.1) is 0 Å². The standard InChI is InChI=1S/C38H30ClN3O4S/c1-3-46-37(44)33-34(25-10-5-4-6-11-25)40-38-42(35(33)26-12-9-13-29(20-26)45-2)36(43)32(47-38)21-27-23-41(31-15-8-7-14-30(27)31)22-24-16-18-28(39)19-17-24/h4-21,23,35H,3,22H2,1-2H3/b32-21+/t35-/m1/s1. The molecule has 9 heteroatoms. The second-order valence-corrected chi connectivity index (χ2v) is 12.5. The number of rotatable bonds is 8. The average molecular weight is 660 g/mol. The van der Waals surface area contributed by atoms with Gasteiger partial charge in [0.2, 0.25) is 0 Å². The Morgan fingerprint density at radius 2 is 1.74 bits per heavy atom. The normalized spacial score (nSPS) is 14.6. The Labute approximate surface area is 279 Å². The number of nitrogens with zero attached hydrogens (tertiary/aromatic N) is 3. The number of benzene rings is 4. The topological polar surface area (TPSA) is 74.8 Å². The molecule has 0 bridgehead atoms. The molecule has 0 amide bonds. The Morgan fingerprint density at radius 3 is 2.51 bits per heavy atom. The predicted molar refractivity (Wildman–Crippen MR) is 187 cm³/mol. The van der Waals surface area contributed by atoms with Crippen LogP contribution >= 0.6 is 22.9 Å². The third-order valence-corrected chi connectivity index (χ3v) is 9.39. The van der Waals surface area contributed by atoms with Gasteiger partial charge in [0.1, 0.15) is 5.75 Å². The number of methoxy groups -OCH3 is 1. The molecule has 47 heavy (non-hydrogen) atoms. The lowest BCUT2D eigenvalue weighted by atomic mass is 9.93. The fourth-order valence-electron chi connectivity index (χ4n) is 6.02. The molecule has 1 aliphatic heterocycles. The number of halogens is 1. The molecule has 0 fully saturated rings. The van der Waals surface area contributed by atoms with Gasteiger partial charge in [-0.3, -0.25) is 9.36 Å². The van der Waals surface area contributed by atoms with Crippen LogP contribution in [-0.2, 0) is 16.1 Å². The van der Waals surface area contributed by atoms with E-state index in [1.54, 1.807) is 18.6 Å². The number of hydrogen-bond acceptors (Lipinski definition) is 6. The fourth-order valence-corrected chi connectivity index (χ4v) is 7.13. The lowest BCUT2D eigenvalue weighted by Crippen LogP contribution is -2.40. The van der Waals surface area contributed by atoms with E-state index >= 15 is 0 Å². The van der Waals surface area contributed by atoms with Gasteiger partial charge in [-0.1, -0.05) is 95.7 Å². The van der Waals surface area contributed by atoms with E-state index in [9.17, 15) is 9.59 Å². The molecule has 0 N–H and O–H groups in total. The van der Waals surface area contributed by atoms with E-state index in [2.05, 4.69) is 22.9 Å². The maximum absolute atomic E-state index is 14.4. The van der Waals surface area contributed by atoms with Crippen LogP contribution in [0.3, 0.4) is 0 Å². The van der Waals surface area contributed by atoms with E-state index in [0.717, 1.165) is 27.6 Å². The van der Waals surface area contributed by atoms with Crippen molar-refractivity contribution in [2.75, 3.05) is 13.7 Å². The first kappa shape index (κ1) is 30.5. The van der Waals surface area contributed by atoms with Crippen molar-refractivity contribution in [2.24, 2.45) is 4.99 Å². The van der Waals surface area contributed by atoms with Crippen molar-refractivity contribution in [2.45, 2.75) is 19.5 Å². The zero-order chi connectivity index (χ0) is 32.5. The van der Waals surface area contributed by atoms with Crippen LogP contribution in [0.4, 0.5) is 0 Å². The molecule has 0 aliphatic carbocycles. The number of carbonyl (C=O) groups is 1. The number of thiazole rings is 1. The van der Waals surface area contributed by atoms with E-state index < -0.39 is 12.0 Å². The molecule has 6 aromatic rings. The molecule has 0 spiro atoms. The van der Waals surface area contributed by atoms with Crippen LogP contribution in [0.25, 0.3) is 22.7 Å². The molecule has 1 aliphatic rings. The highest BCUT2D eigenvalue weighted by Gasteiger charge is 2.35. The third kappa shape index (κ3) is 5.82. The first-order valence-corrected chi connectivity index (χ1v) is 16.4. The summed E-state index contributed by atoms with van der Waals surface area (Å²) in [6.07, 6.45) is 3.99. The number of para-hydroxylation sites is 1. The molecule has 1 atom stereocenters. The van der Waals surface area contributed by atoms with Crippen molar-refractivity contribution in [3.05, 3.63) is 162 Å². The second kappa shape index (κ2) is 12.9. The largest absolute Gasteiger partial charge is 0.497 e. The van der Waals surface area contributed by atoms with Gasteiger partial charge in [0, 0.05) is 39.8 Å². The zero-order valence-electron chi connectivity index (χ0n) is 25.7. The van der Waals surface area contributed by atoms with Crippen molar-refractivity contribution in [3.8, 4) is 5.75 Å². The Hall–Kier alpha value is -5.18. The number of esters is 1. The number of hydrogen-bond donors (Lipinski definition) is 0. The summed E-state index contributed by atoms with van der Waals surface area (Å²) in [5, 5.41) is 1.71. The average Bonchev–Trinajstić information content (AvgIpc) is 3.61. The smallest absolute Gasteiger partial charge is 0.338 e. The fraction of sp³-hybridized carbons (Fsp3) is 0.132. The summed E-state index contributed by atoms with van der Waals surface area (Å²) in [5.74, 6) is 0.0852. The summed E-state index contributed by atoms with van der Waals surface area (Å²) in [4.78, 5) is 33.7. The van der Waals surface area contributed by atoms with E-state index in [1.165, 1.54) is 11.3 Å². The first-order valence-electron chi connectivity index (χ1n) is 15.2. The number of aromatic nitrogens is 2. The van der Waals surface area contributed by atoms with Crippen LogP contribution in [0.15, 0.2) is 125 Å². The Kier molecular flexibility index (Phi) is 8.37. The molecule has 0 saturated heterocycles. The number of carbonyl (C=O) groups excluding carboxylic acids is 1. The maximum atomic E-state index is 14.4. The van der Waals surface area contributed by atoms with E-state index in [4.69, 9.17) is 26.1 Å². The van der Waals surface area contributed by atoms with Gasteiger partial charge in [-0.2, -0.15) is 0 Å². The van der Waals surface area contributed by atoms with Gasteiger partial charge in [0.25, 0.3) is 5.56 Å². The summed E-state index contributed by atoms with van der Waals surface area (Å²) < 4.78 is 15.4. The highest BCUT2D eigenvalue weighted by atomic mass is 35.5. The molecule has 0 saturated carbocycles. The molecular weight excluding hydrogens is 630 g/mol. The van der Waals surface area contributed by atoms with Crippen LogP contribution < -0.4 is 19.6 Å². The summed E-state index contributed by atoms with van der Waals surface area (Å²) in [6.45, 7) is 2.59. The monoisotopic (exact) mass is 659 g/mol. The highest BCUT2D eigenvalue weighted by Crippen LogP contribution is 2.36. The third-order valence-electron chi connectivity index (χ3n) is 8.16. The van der Waals surface area contributed by atoms with Crippen molar-refractivity contribution in [3.63, 3.8) is 0 Å². The quantitative estimate of drug-likeness (QED) is 0.173. The molecule has 0 radical (unpaired) electrons. The Bertz CT molecular complexity index is 2340. The number of fused-ring (bicyclic) bond motifs is 2. The van der Waals surface area contributed by atoms with Gasteiger partial charge in [-0.25, -0.2) is 9.79 Å². The zero-order valence-corrected chi connectivity index (χ0v) is 27.3. The van der Waals surface area contributed by atoms with Crippen molar-refractivity contribution < 1.29 is 14.3 Å².